The van der Waals surface area contributed by atoms with Crippen molar-refractivity contribution in [1.82, 2.24) is 0 Å². The Bertz CT molecular complexity index is 612. The number of fused-ring (bicyclic) bond motifs is 1. The maximum atomic E-state index is 11.5. The minimum atomic E-state index is -0.369. The molecule has 2 rings (SSSR count). The van der Waals surface area contributed by atoms with E-state index in [0.29, 0.717) is 17.6 Å². The molecule has 0 saturated carbocycles. The lowest BCUT2D eigenvalue weighted by molar-refractivity contribution is 0.550. The van der Waals surface area contributed by atoms with E-state index < -0.39 is 0 Å². The Kier molecular flexibility index (Phi) is 2.89. The Morgan fingerprint density at radius 2 is 2.19 bits per heavy atom. The quantitative estimate of drug-likeness (QED) is 0.341. The molecule has 1 aromatic heterocycles. The predicted octanol–water partition coefficient (Wildman–Crippen LogP) is 2.65. The summed E-state index contributed by atoms with van der Waals surface area (Å²) >= 11 is 0. The molecule has 1 aromatic carbocycles. The van der Waals surface area contributed by atoms with Crippen molar-refractivity contribution in [3.8, 4) is 0 Å². The van der Waals surface area contributed by atoms with E-state index in [0.717, 1.165) is 5.39 Å². The van der Waals surface area contributed by atoms with E-state index >= 15 is 0 Å². The van der Waals surface area contributed by atoms with Crippen LogP contribution in [0.15, 0.2) is 44.7 Å². The van der Waals surface area contributed by atoms with Crippen LogP contribution in [0.4, 0.5) is 0 Å². The number of hydrogen-bond acceptors (Lipinski definition) is 3. The Hall–Kier alpha value is -2.26. The van der Waals surface area contributed by atoms with E-state index in [2.05, 4.69) is 10.0 Å². The molecule has 0 atom stereocenters. The van der Waals surface area contributed by atoms with Crippen LogP contribution in [0.1, 0.15) is 5.56 Å². The lowest BCUT2D eigenvalue weighted by atomic mass is 10.1. The van der Waals surface area contributed by atoms with Crippen LogP contribution in [0, 0.1) is 0 Å². The summed E-state index contributed by atoms with van der Waals surface area (Å²) in [4.78, 5) is 14.2. The normalized spacial score (nSPS) is 10.0. The third-order valence-corrected chi connectivity index (χ3v) is 2.26. The summed E-state index contributed by atoms with van der Waals surface area (Å²) in [5.74, 6) is 0. The molecule has 0 aliphatic heterocycles. The van der Waals surface area contributed by atoms with Crippen molar-refractivity contribution < 1.29 is 4.42 Å². The van der Waals surface area contributed by atoms with Crippen molar-refractivity contribution in [2.45, 2.75) is 6.42 Å². The fourth-order valence-electron chi connectivity index (χ4n) is 1.49. The highest BCUT2D eigenvalue weighted by atomic mass is 16.4. The molecule has 0 spiro atoms. The molecule has 0 radical (unpaired) electrons. The van der Waals surface area contributed by atoms with E-state index in [-0.39, 0.29) is 12.2 Å². The minimum Gasteiger partial charge on any atom is -0.423 e. The maximum Gasteiger partial charge on any atom is 0.339 e. The summed E-state index contributed by atoms with van der Waals surface area (Å²) in [5, 5.41) is 4.26. The third-order valence-electron chi connectivity index (χ3n) is 2.26. The number of benzene rings is 1. The van der Waals surface area contributed by atoms with Crippen LogP contribution < -0.4 is 5.63 Å². The lowest BCUT2D eigenvalue weighted by Gasteiger charge is -1.99. The Morgan fingerprint density at radius 3 is 3.00 bits per heavy atom. The molecule has 5 heteroatoms. The van der Waals surface area contributed by atoms with Gasteiger partial charge in [0.25, 0.3) is 0 Å². The van der Waals surface area contributed by atoms with Gasteiger partial charge in [0.05, 0.1) is 0 Å². The molecule has 0 unspecified atom stereocenters. The fraction of sp³-hybridized carbons (Fsp3) is 0.182. The molecule has 16 heavy (non-hydrogen) atoms. The second kappa shape index (κ2) is 4.51. The van der Waals surface area contributed by atoms with Crippen LogP contribution in [0.25, 0.3) is 21.4 Å². The van der Waals surface area contributed by atoms with Gasteiger partial charge in [-0.05, 0) is 24.1 Å². The fourth-order valence-corrected chi connectivity index (χ4v) is 1.49. The van der Waals surface area contributed by atoms with Crippen LogP contribution in [0.2, 0.25) is 0 Å². The molecule has 0 bridgehead atoms. The van der Waals surface area contributed by atoms with E-state index in [1.807, 2.05) is 18.2 Å². The van der Waals surface area contributed by atoms with Crippen molar-refractivity contribution in [2.24, 2.45) is 5.11 Å². The minimum absolute atomic E-state index is 0.263. The van der Waals surface area contributed by atoms with Crippen molar-refractivity contribution in [3.63, 3.8) is 0 Å². The highest BCUT2D eigenvalue weighted by Crippen LogP contribution is 2.12. The van der Waals surface area contributed by atoms with Gasteiger partial charge in [-0.2, -0.15) is 0 Å². The van der Waals surface area contributed by atoms with Gasteiger partial charge in [-0.3, -0.25) is 0 Å². The third kappa shape index (κ3) is 2.04. The van der Waals surface area contributed by atoms with E-state index in [9.17, 15) is 4.79 Å². The summed E-state index contributed by atoms with van der Waals surface area (Å²) in [5.41, 5.74) is 8.88. The van der Waals surface area contributed by atoms with Gasteiger partial charge in [0.15, 0.2) is 0 Å². The number of rotatable bonds is 3. The van der Waals surface area contributed by atoms with Crippen LogP contribution >= 0.6 is 0 Å². The molecule has 0 amide bonds. The van der Waals surface area contributed by atoms with Gasteiger partial charge < -0.3 is 4.42 Å². The monoisotopic (exact) mass is 215 g/mol. The average molecular weight is 215 g/mol. The highest BCUT2D eigenvalue weighted by molar-refractivity contribution is 5.76. The van der Waals surface area contributed by atoms with Gasteiger partial charge in [-0.15, -0.1) is 0 Å². The number of hydrogen-bond donors (Lipinski definition) is 0. The van der Waals surface area contributed by atoms with Gasteiger partial charge in [-0.1, -0.05) is 23.3 Å². The second-order valence-electron chi connectivity index (χ2n) is 3.30. The van der Waals surface area contributed by atoms with Gasteiger partial charge >= 0.3 is 5.63 Å². The Balaban J connectivity index is 2.42. The number of para-hydroxylation sites is 1. The summed E-state index contributed by atoms with van der Waals surface area (Å²) in [6, 6.07) is 9.07. The summed E-state index contributed by atoms with van der Waals surface area (Å²) in [6.07, 6.45) is 0.400. The Morgan fingerprint density at radius 1 is 1.38 bits per heavy atom. The first-order chi connectivity index (χ1) is 7.81. The standard InChI is InChI=1S/C11H9N3O2/c12-14-13-6-5-9-7-8-3-1-2-4-10(8)16-11(9)15/h1-4,7H,5-6H2. The van der Waals surface area contributed by atoms with Crippen LogP contribution in [-0.2, 0) is 6.42 Å². The predicted molar refractivity (Wildman–Crippen MR) is 60.2 cm³/mol. The zero-order valence-corrected chi connectivity index (χ0v) is 8.46. The highest BCUT2D eigenvalue weighted by Gasteiger charge is 2.03. The molecule has 0 saturated heterocycles. The molecule has 0 N–H and O–H groups in total. The summed E-state index contributed by atoms with van der Waals surface area (Å²) in [7, 11) is 0. The molecule has 80 valence electrons. The number of azide groups is 1. The average Bonchev–Trinajstić information content (AvgIpc) is 2.30. The van der Waals surface area contributed by atoms with Gasteiger partial charge in [0.2, 0.25) is 0 Å². The molecule has 0 aliphatic carbocycles. The molecule has 0 aliphatic rings. The van der Waals surface area contributed by atoms with Gasteiger partial charge in [0.1, 0.15) is 5.58 Å². The van der Waals surface area contributed by atoms with Gasteiger partial charge in [-0.25, -0.2) is 4.79 Å². The van der Waals surface area contributed by atoms with E-state index in [1.165, 1.54) is 0 Å². The van der Waals surface area contributed by atoms with Crippen LogP contribution in [0.3, 0.4) is 0 Å². The van der Waals surface area contributed by atoms with Crippen molar-refractivity contribution in [3.05, 3.63) is 56.8 Å². The molecule has 5 nitrogen and oxygen atoms in total. The van der Waals surface area contributed by atoms with Crippen molar-refractivity contribution in [2.75, 3.05) is 6.54 Å². The SMILES string of the molecule is [N-]=[N+]=NCCc1cc2ccccc2oc1=O. The van der Waals surface area contributed by atoms with Crippen molar-refractivity contribution >= 4 is 11.0 Å². The largest absolute Gasteiger partial charge is 0.423 e. The first-order valence-electron chi connectivity index (χ1n) is 4.84. The van der Waals surface area contributed by atoms with E-state index in [4.69, 9.17) is 9.95 Å². The number of nitrogens with zero attached hydrogens (tertiary/aromatic N) is 3. The first kappa shape index (κ1) is 10.3. The molecule has 1 heterocycles. The Labute approximate surface area is 90.9 Å². The molecular formula is C11H9N3O2. The zero-order chi connectivity index (χ0) is 11.4. The first-order valence-corrected chi connectivity index (χ1v) is 4.84. The maximum absolute atomic E-state index is 11.5. The molecule has 2 aromatic rings. The van der Waals surface area contributed by atoms with Crippen LogP contribution in [-0.4, -0.2) is 6.54 Å². The molecule has 0 fully saturated rings. The van der Waals surface area contributed by atoms with Crippen molar-refractivity contribution in [1.29, 1.82) is 0 Å². The molecular weight excluding hydrogens is 206 g/mol. The summed E-state index contributed by atoms with van der Waals surface area (Å²) < 4.78 is 5.13. The topological polar surface area (TPSA) is 79.0 Å². The second-order valence-corrected chi connectivity index (χ2v) is 3.30. The zero-order valence-electron chi connectivity index (χ0n) is 8.46. The van der Waals surface area contributed by atoms with Crippen LogP contribution in [0.5, 0.6) is 0 Å². The lowest BCUT2D eigenvalue weighted by Crippen LogP contribution is -2.08. The van der Waals surface area contributed by atoms with E-state index in [1.54, 1.807) is 12.1 Å². The van der Waals surface area contributed by atoms with Gasteiger partial charge in [0, 0.05) is 22.4 Å². The summed E-state index contributed by atoms with van der Waals surface area (Å²) in [6.45, 7) is 0.263. The smallest absolute Gasteiger partial charge is 0.339 e.